The first-order chi connectivity index (χ1) is 29.4. The lowest BCUT2D eigenvalue weighted by Crippen LogP contribution is -2.61. The molecule has 10 rings (SSSR count). The maximum Gasteiger partial charge on any atom is 0.252 e. The minimum absolute atomic E-state index is 0.00528. The lowest BCUT2D eigenvalue weighted by Gasteiger charge is -2.45. The molecule has 0 atom stereocenters. The van der Waals surface area contributed by atoms with Crippen molar-refractivity contribution in [3.05, 3.63) is 173 Å². The fourth-order valence-corrected chi connectivity index (χ4v) is 10.6. The Labute approximate surface area is 371 Å². The Hall–Kier alpha value is -5.80. The summed E-state index contributed by atoms with van der Waals surface area (Å²) in [6.07, 6.45) is 2.16. The fraction of sp³-hybridized carbons (Fsp3) is 0.288. The number of hydrogen-bond donors (Lipinski definition) is 0. The van der Waals surface area contributed by atoms with Gasteiger partial charge in [0.2, 0.25) is 0 Å². The molecule has 7 aromatic rings. The van der Waals surface area contributed by atoms with Crippen molar-refractivity contribution in [2.75, 3.05) is 9.80 Å². The van der Waals surface area contributed by atoms with E-state index in [0.29, 0.717) is 0 Å². The fourth-order valence-electron chi connectivity index (χ4n) is 10.6. The zero-order valence-electron chi connectivity index (χ0n) is 38.7. The molecule has 0 unspecified atom stereocenters. The van der Waals surface area contributed by atoms with E-state index < -0.39 is 0 Å². The van der Waals surface area contributed by atoms with E-state index in [9.17, 15) is 0 Å². The lowest BCUT2D eigenvalue weighted by atomic mass is 9.33. The van der Waals surface area contributed by atoms with Crippen LogP contribution in [0.15, 0.2) is 146 Å². The Bertz CT molecular complexity index is 2820. The smallest absolute Gasteiger partial charge is 0.252 e. The molecule has 0 radical (unpaired) electrons. The molecule has 3 heteroatoms. The summed E-state index contributed by atoms with van der Waals surface area (Å²) in [5.41, 5.74) is 23.7. The van der Waals surface area contributed by atoms with E-state index >= 15 is 0 Å². The highest BCUT2D eigenvalue weighted by molar-refractivity contribution is 7.00. The monoisotopic (exact) mass is 808 g/mol. The molecular formula is C59H61BN2. The van der Waals surface area contributed by atoms with Crippen LogP contribution in [0.4, 0.5) is 34.1 Å². The SMILES string of the molecule is CC1(C)Cc2cc3c(cc2C1)N(c1c(-c2ccccc2)cc(C(C)(C)C)cc1-c1ccccc1)c1cccc2c1B3c1ccc(C(C)(C)C)cc1N2c1cccc(C(C)(C)C)c1. The van der Waals surface area contributed by atoms with Gasteiger partial charge in [0, 0.05) is 39.6 Å². The highest BCUT2D eigenvalue weighted by atomic mass is 15.2. The van der Waals surface area contributed by atoms with Crippen LogP contribution in [0, 0.1) is 5.41 Å². The maximum atomic E-state index is 2.69. The van der Waals surface area contributed by atoms with Gasteiger partial charge in [0.05, 0.1) is 5.69 Å². The minimum atomic E-state index is -0.0630. The minimum Gasteiger partial charge on any atom is -0.311 e. The van der Waals surface area contributed by atoms with Crippen molar-refractivity contribution in [1.82, 2.24) is 0 Å². The second kappa shape index (κ2) is 14.1. The Kier molecular flexibility index (Phi) is 9.17. The molecule has 7 aromatic carbocycles. The van der Waals surface area contributed by atoms with E-state index in [2.05, 4.69) is 232 Å². The molecule has 0 N–H and O–H groups in total. The van der Waals surface area contributed by atoms with Crippen molar-refractivity contribution >= 4 is 57.2 Å². The Morgan fingerprint density at radius 1 is 0.435 bits per heavy atom. The van der Waals surface area contributed by atoms with E-state index in [1.807, 2.05) is 0 Å². The van der Waals surface area contributed by atoms with Crippen LogP contribution >= 0.6 is 0 Å². The van der Waals surface area contributed by atoms with Gasteiger partial charge in [-0.2, -0.15) is 0 Å². The average molecular weight is 809 g/mol. The van der Waals surface area contributed by atoms with Crippen molar-refractivity contribution in [3.63, 3.8) is 0 Å². The topological polar surface area (TPSA) is 6.48 Å². The summed E-state index contributed by atoms with van der Waals surface area (Å²) in [4.78, 5) is 5.28. The molecule has 2 nitrogen and oxygen atoms in total. The Morgan fingerprint density at radius 2 is 0.952 bits per heavy atom. The van der Waals surface area contributed by atoms with Crippen molar-refractivity contribution in [2.45, 2.75) is 105 Å². The van der Waals surface area contributed by atoms with Crippen molar-refractivity contribution in [1.29, 1.82) is 0 Å². The van der Waals surface area contributed by atoms with Crippen LogP contribution in [0.5, 0.6) is 0 Å². The van der Waals surface area contributed by atoms with E-state index in [1.165, 1.54) is 101 Å². The number of hydrogen-bond acceptors (Lipinski definition) is 2. The van der Waals surface area contributed by atoms with Gasteiger partial charge in [-0.05, 0) is 138 Å². The van der Waals surface area contributed by atoms with Crippen molar-refractivity contribution in [2.24, 2.45) is 5.41 Å². The summed E-state index contributed by atoms with van der Waals surface area (Å²) in [6, 6.07) is 56.2. The molecular weight excluding hydrogens is 747 g/mol. The number of nitrogens with zero attached hydrogens (tertiary/aromatic N) is 2. The van der Waals surface area contributed by atoms with Crippen molar-refractivity contribution < 1.29 is 0 Å². The second-order valence-corrected chi connectivity index (χ2v) is 22.2. The van der Waals surface area contributed by atoms with Gasteiger partial charge in [-0.25, -0.2) is 0 Å². The van der Waals surface area contributed by atoms with Gasteiger partial charge in [0.25, 0.3) is 6.71 Å². The molecule has 0 fully saturated rings. The average Bonchev–Trinajstić information content (AvgIpc) is 3.54. The quantitative estimate of drug-likeness (QED) is 0.163. The molecule has 0 saturated carbocycles. The van der Waals surface area contributed by atoms with Gasteiger partial charge in [0.15, 0.2) is 0 Å². The zero-order valence-corrected chi connectivity index (χ0v) is 38.7. The van der Waals surface area contributed by atoms with Gasteiger partial charge < -0.3 is 9.80 Å². The van der Waals surface area contributed by atoms with Crippen LogP contribution in [0.1, 0.15) is 104 Å². The molecule has 0 amide bonds. The van der Waals surface area contributed by atoms with E-state index in [1.54, 1.807) is 0 Å². The van der Waals surface area contributed by atoms with Crippen LogP contribution in [0.2, 0.25) is 0 Å². The zero-order chi connectivity index (χ0) is 43.5. The number of benzene rings is 7. The second-order valence-electron chi connectivity index (χ2n) is 22.2. The summed E-state index contributed by atoms with van der Waals surface area (Å²) in [6.45, 7) is 26.0. The Morgan fingerprint density at radius 3 is 1.53 bits per heavy atom. The molecule has 1 aliphatic carbocycles. The maximum absolute atomic E-state index is 2.69. The molecule has 3 aliphatic rings. The molecule has 2 heterocycles. The van der Waals surface area contributed by atoms with Crippen LogP contribution in [-0.4, -0.2) is 6.71 Å². The molecule has 0 bridgehead atoms. The first kappa shape index (κ1) is 40.3. The third-order valence-corrected chi connectivity index (χ3v) is 13.9. The highest BCUT2D eigenvalue weighted by Gasteiger charge is 2.46. The van der Waals surface area contributed by atoms with Crippen LogP contribution in [-0.2, 0) is 29.1 Å². The summed E-state index contributed by atoms with van der Waals surface area (Å²) in [7, 11) is 0. The largest absolute Gasteiger partial charge is 0.311 e. The van der Waals surface area contributed by atoms with Crippen molar-refractivity contribution in [3.8, 4) is 22.3 Å². The lowest BCUT2D eigenvalue weighted by molar-refractivity contribution is 0.392. The van der Waals surface area contributed by atoms with E-state index in [0.717, 1.165) is 12.8 Å². The normalized spacial score (nSPS) is 15.2. The van der Waals surface area contributed by atoms with Crippen LogP contribution in [0.25, 0.3) is 22.3 Å². The molecule has 0 saturated heterocycles. The van der Waals surface area contributed by atoms with Gasteiger partial charge in [0.1, 0.15) is 0 Å². The predicted octanol–water partition coefficient (Wildman–Crippen LogP) is 14.1. The van der Waals surface area contributed by atoms with Gasteiger partial charge in [-0.1, -0.05) is 173 Å². The number of anilines is 6. The number of fused-ring (bicyclic) bond motifs is 5. The van der Waals surface area contributed by atoms with Gasteiger partial charge in [-0.3, -0.25) is 0 Å². The summed E-state index contributed by atoms with van der Waals surface area (Å²) >= 11 is 0. The molecule has 310 valence electrons. The molecule has 2 aliphatic heterocycles. The molecule has 0 spiro atoms. The molecule has 62 heavy (non-hydrogen) atoms. The number of rotatable bonds is 4. The summed E-state index contributed by atoms with van der Waals surface area (Å²) in [5.74, 6) is 0. The van der Waals surface area contributed by atoms with Crippen LogP contribution in [0.3, 0.4) is 0 Å². The van der Waals surface area contributed by atoms with E-state index in [4.69, 9.17) is 0 Å². The standard InChI is InChI=1S/C59H61BN2/c1-56(2,3)42-24-18-25-45(32-42)61-50-26-19-27-51-54(50)60(48-29-28-43(35-53(48)61)57(4,5)6)49-30-40-36-59(10,11)37-41(40)31-52(49)62(51)55-46(38-20-14-12-15-21-38)33-44(58(7,8)9)34-47(55)39-22-16-13-17-23-39/h12-35H,36-37H2,1-11H3. The third kappa shape index (κ3) is 6.71. The first-order valence-electron chi connectivity index (χ1n) is 22.8. The van der Waals surface area contributed by atoms with Gasteiger partial charge in [-0.15, -0.1) is 0 Å². The molecule has 0 aromatic heterocycles. The van der Waals surface area contributed by atoms with E-state index in [-0.39, 0.29) is 28.4 Å². The summed E-state index contributed by atoms with van der Waals surface area (Å²) in [5, 5.41) is 0. The summed E-state index contributed by atoms with van der Waals surface area (Å²) < 4.78 is 0. The highest BCUT2D eigenvalue weighted by Crippen LogP contribution is 2.52. The van der Waals surface area contributed by atoms with Gasteiger partial charge >= 0.3 is 0 Å². The third-order valence-electron chi connectivity index (χ3n) is 13.9. The first-order valence-corrected chi connectivity index (χ1v) is 22.8. The van der Waals surface area contributed by atoms with Crippen LogP contribution < -0.4 is 26.2 Å². The Balaban J connectivity index is 1.35. The predicted molar refractivity (Wildman–Crippen MR) is 269 cm³/mol.